The number of aliphatic hydroxyl groups is 2. The van der Waals surface area contributed by atoms with Gasteiger partial charge in [0.2, 0.25) is 0 Å². The summed E-state index contributed by atoms with van der Waals surface area (Å²) >= 11 is 0. The van der Waals surface area contributed by atoms with Gasteiger partial charge in [-0.1, -0.05) is 13.8 Å². The van der Waals surface area contributed by atoms with Gasteiger partial charge in [0.25, 0.3) is 0 Å². The molecule has 0 spiro atoms. The predicted molar refractivity (Wildman–Crippen MR) is 55.7 cm³/mol. The Morgan fingerprint density at radius 1 is 1.14 bits per heavy atom. The quantitative estimate of drug-likeness (QED) is 0.570. The molecule has 0 heterocycles. The summed E-state index contributed by atoms with van der Waals surface area (Å²) in [4.78, 5) is 0. The summed E-state index contributed by atoms with van der Waals surface area (Å²) in [7, 11) is 0. The van der Waals surface area contributed by atoms with Crippen molar-refractivity contribution in [1.82, 2.24) is 0 Å². The van der Waals surface area contributed by atoms with Gasteiger partial charge in [0, 0.05) is 5.41 Å². The Morgan fingerprint density at radius 2 is 1.57 bits per heavy atom. The van der Waals surface area contributed by atoms with Gasteiger partial charge in [0.15, 0.2) is 0 Å². The van der Waals surface area contributed by atoms with Crippen LogP contribution >= 0.6 is 0 Å². The van der Waals surface area contributed by atoms with Crippen LogP contribution in [0.4, 0.5) is 0 Å². The summed E-state index contributed by atoms with van der Waals surface area (Å²) in [5, 5.41) is 18.6. The van der Waals surface area contributed by atoms with E-state index >= 15 is 0 Å². The number of hydrogen-bond donors (Lipinski definition) is 3. The smallest absolute Gasteiger partial charge is 0.121 e. The molecule has 0 amide bonds. The van der Waals surface area contributed by atoms with Crippen LogP contribution in [0, 0.1) is 5.41 Å². The van der Waals surface area contributed by atoms with Crippen molar-refractivity contribution in [2.45, 2.75) is 45.9 Å². The second kappa shape index (κ2) is 4.14. The number of hydrogen-bond acceptors (Lipinski definition) is 4. The Bertz CT molecular complexity index is 182. The summed E-state index contributed by atoms with van der Waals surface area (Å²) in [5.74, 6) is 0. The first kappa shape index (κ1) is 13.8. The minimum Gasteiger partial charge on any atom is -0.396 e. The van der Waals surface area contributed by atoms with Crippen LogP contribution in [-0.2, 0) is 4.74 Å². The van der Waals surface area contributed by atoms with Crippen molar-refractivity contribution >= 4 is 0 Å². The van der Waals surface area contributed by atoms with Crippen molar-refractivity contribution in [3.05, 3.63) is 0 Å². The van der Waals surface area contributed by atoms with Crippen LogP contribution in [0.2, 0.25) is 0 Å². The zero-order valence-electron chi connectivity index (χ0n) is 9.79. The highest BCUT2D eigenvalue weighted by Crippen LogP contribution is 2.29. The van der Waals surface area contributed by atoms with Crippen molar-refractivity contribution < 1.29 is 14.9 Å². The summed E-state index contributed by atoms with van der Waals surface area (Å²) in [5.41, 5.74) is 3.51. The lowest BCUT2D eigenvalue weighted by atomic mass is 9.83. The van der Waals surface area contributed by atoms with E-state index in [1.165, 1.54) is 0 Å². The lowest BCUT2D eigenvalue weighted by Crippen LogP contribution is -2.55. The highest BCUT2D eigenvalue weighted by molar-refractivity contribution is 4.86. The van der Waals surface area contributed by atoms with Gasteiger partial charge in [-0.05, 0) is 20.8 Å². The molecule has 1 atom stereocenters. The SMILES string of the molecule is CC(C)(O)COC(C)(N)C(C)(C)CO. The van der Waals surface area contributed by atoms with Gasteiger partial charge in [0.05, 0.1) is 18.8 Å². The van der Waals surface area contributed by atoms with Gasteiger partial charge in [-0.2, -0.15) is 0 Å². The summed E-state index contributed by atoms with van der Waals surface area (Å²) in [6.45, 7) is 8.71. The Hall–Kier alpha value is -0.160. The molecule has 0 aliphatic rings. The van der Waals surface area contributed by atoms with Crippen molar-refractivity contribution in [2.75, 3.05) is 13.2 Å². The van der Waals surface area contributed by atoms with Crippen molar-refractivity contribution in [3.8, 4) is 0 Å². The number of nitrogens with two attached hydrogens (primary N) is 1. The minimum atomic E-state index is -0.957. The van der Waals surface area contributed by atoms with E-state index in [0.29, 0.717) is 0 Å². The van der Waals surface area contributed by atoms with Crippen LogP contribution in [0.1, 0.15) is 34.6 Å². The molecular formula is C10H23NO3. The second-order valence-electron chi connectivity index (χ2n) is 5.25. The topological polar surface area (TPSA) is 75.7 Å². The maximum atomic E-state index is 9.48. The fourth-order valence-corrected chi connectivity index (χ4v) is 0.679. The molecule has 4 N–H and O–H groups in total. The van der Waals surface area contributed by atoms with Crippen LogP contribution < -0.4 is 5.73 Å². The zero-order chi connectivity index (χ0) is 11.6. The first-order chi connectivity index (χ1) is 6.02. The molecule has 0 aromatic heterocycles. The highest BCUT2D eigenvalue weighted by atomic mass is 16.5. The third-order valence-electron chi connectivity index (χ3n) is 2.46. The molecule has 1 unspecified atom stereocenters. The molecule has 0 aliphatic carbocycles. The van der Waals surface area contributed by atoms with Gasteiger partial charge < -0.3 is 20.7 Å². The lowest BCUT2D eigenvalue weighted by Gasteiger charge is -2.40. The molecule has 0 fully saturated rings. The Kier molecular flexibility index (Phi) is 4.10. The molecule has 14 heavy (non-hydrogen) atoms. The van der Waals surface area contributed by atoms with Crippen LogP contribution in [0.25, 0.3) is 0 Å². The van der Waals surface area contributed by atoms with E-state index in [1.54, 1.807) is 20.8 Å². The highest BCUT2D eigenvalue weighted by Gasteiger charge is 2.39. The zero-order valence-corrected chi connectivity index (χ0v) is 9.79. The Morgan fingerprint density at radius 3 is 1.86 bits per heavy atom. The summed E-state index contributed by atoms with van der Waals surface area (Å²) in [6.07, 6.45) is 0. The maximum absolute atomic E-state index is 9.48. The van der Waals surface area contributed by atoms with Gasteiger partial charge in [0.1, 0.15) is 5.72 Å². The molecule has 4 nitrogen and oxygen atoms in total. The molecule has 0 aliphatic heterocycles. The average molecular weight is 205 g/mol. The van der Waals surface area contributed by atoms with E-state index in [2.05, 4.69) is 0 Å². The molecule has 0 bridgehead atoms. The van der Waals surface area contributed by atoms with E-state index in [4.69, 9.17) is 15.6 Å². The van der Waals surface area contributed by atoms with Gasteiger partial charge >= 0.3 is 0 Å². The molecule has 0 rings (SSSR count). The van der Waals surface area contributed by atoms with Crippen molar-refractivity contribution in [1.29, 1.82) is 0 Å². The van der Waals surface area contributed by atoms with Crippen LogP contribution in [-0.4, -0.2) is 34.8 Å². The Balaban J connectivity index is 4.35. The van der Waals surface area contributed by atoms with Gasteiger partial charge in [-0.25, -0.2) is 0 Å². The first-order valence-electron chi connectivity index (χ1n) is 4.78. The molecular weight excluding hydrogens is 182 g/mol. The standard InChI is InChI=1S/C10H23NO3/c1-8(2,6-12)10(5,11)14-7-9(3,4)13/h12-13H,6-7,11H2,1-5H3. The van der Waals surface area contributed by atoms with Crippen LogP contribution in [0.5, 0.6) is 0 Å². The third kappa shape index (κ3) is 3.92. The molecule has 86 valence electrons. The second-order valence-corrected chi connectivity index (χ2v) is 5.25. The largest absolute Gasteiger partial charge is 0.396 e. The molecule has 4 heteroatoms. The van der Waals surface area contributed by atoms with E-state index in [9.17, 15) is 5.11 Å². The van der Waals surface area contributed by atoms with Gasteiger partial charge in [-0.15, -0.1) is 0 Å². The third-order valence-corrected chi connectivity index (χ3v) is 2.46. The molecule has 0 aromatic rings. The lowest BCUT2D eigenvalue weighted by molar-refractivity contribution is -0.157. The minimum absolute atomic E-state index is 0.0636. The maximum Gasteiger partial charge on any atom is 0.121 e. The normalized spacial score (nSPS) is 18.0. The molecule has 0 saturated carbocycles. The monoisotopic (exact) mass is 205 g/mol. The first-order valence-corrected chi connectivity index (χ1v) is 4.78. The number of rotatable bonds is 5. The van der Waals surface area contributed by atoms with E-state index in [-0.39, 0.29) is 13.2 Å². The fraction of sp³-hybridized carbons (Fsp3) is 1.00. The predicted octanol–water partition coefficient (Wildman–Crippen LogP) is 0.467. The fourth-order valence-electron chi connectivity index (χ4n) is 0.679. The number of ether oxygens (including phenoxy) is 1. The molecule has 0 saturated heterocycles. The average Bonchev–Trinajstić information content (AvgIpc) is 1.99. The Labute approximate surface area is 86.1 Å². The van der Waals surface area contributed by atoms with Crippen molar-refractivity contribution in [3.63, 3.8) is 0 Å². The van der Waals surface area contributed by atoms with E-state index in [0.717, 1.165) is 0 Å². The van der Waals surface area contributed by atoms with E-state index < -0.39 is 16.7 Å². The molecule has 0 aromatic carbocycles. The van der Waals surface area contributed by atoms with Crippen molar-refractivity contribution in [2.24, 2.45) is 11.1 Å². The number of aliphatic hydroxyl groups excluding tert-OH is 1. The van der Waals surface area contributed by atoms with Crippen LogP contribution in [0.15, 0.2) is 0 Å². The molecule has 0 radical (unpaired) electrons. The van der Waals surface area contributed by atoms with Crippen LogP contribution in [0.3, 0.4) is 0 Å². The summed E-state index contributed by atoms with van der Waals surface area (Å²) < 4.78 is 5.42. The van der Waals surface area contributed by atoms with E-state index in [1.807, 2.05) is 13.8 Å². The summed E-state index contributed by atoms with van der Waals surface area (Å²) in [6, 6.07) is 0. The van der Waals surface area contributed by atoms with Gasteiger partial charge in [-0.3, -0.25) is 0 Å².